The number of pyridine rings is 1. The van der Waals surface area contributed by atoms with E-state index in [1.807, 2.05) is 6.07 Å². The number of amides is 1. The van der Waals surface area contributed by atoms with E-state index in [0.717, 1.165) is 11.0 Å². The third-order valence-corrected chi connectivity index (χ3v) is 4.56. The smallest absolute Gasteiger partial charge is 0.408 e. The van der Waals surface area contributed by atoms with Gasteiger partial charge in [-0.15, -0.1) is 0 Å². The highest BCUT2D eigenvalue weighted by Crippen LogP contribution is 2.31. The molecule has 8 nitrogen and oxygen atoms in total. The van der Waals surface area contributed by atoms with Gasteiger partial charge in [-0.05, 0) is 24.3 Å². The molecular weight excluding hydrogens is 367 g/mol. The number of hydrogen-bond acceptors (Lipinski definition) is 6. The van der Waals surface area contributed by atoms with Crippen LogP contribution >= 0.6 is 0 Å². The van der Waals surface area contributed by atoms with Gasteiger partial charge in [-0.25, -0.2) is 9.18 Å². The van der Waals surface area contributed by atoms with Gasteiger partial charge in [0, 0.05) is 24.8 Å². The Hall–Kier alpha value is -3.22. The molecule has 2 atom stereocenters. The number of nitriles is 1. The number of aliphatic hydroxyl groups excluding tert-OH is 1. The lowest BCUT2D eigenvalue weighted by Crippen LogP contribution is -2.56. The molecule has 1 aromatic carbocycles. The van der Waals surface area contributed by atoms with Crippen LogP contribution in [-0.4, -0.2) is 51.9 Å². The molecule has 0 aliphatic carbocycles. The third kappa shape index (κ3) is 4.03. The van der Waals surface area contributed by atoms with Gasteiger partial charge in [0.1, 0.15) is 23.9 Å². The van der Waals surface area contributed by atoms with Crippen molar-refractivity contribution in [3.05, 3.63) is 59.2 Å². The van der Waals surface area contributed by atoms with Gasteiger partial charge in [0.05, 0.1) is 30.3 Å². The number of benzene rings is 1. The average molecular weight is 386 g/mol. The van der Waals surface area contributed by atoms with Crippen LogP contribution in [0.5, 0.6) is 5.75 Å². The molecule has 1 aromatic heterocycles. The number of nitrogens with zero attached hydrogens (tertiary/aromatic N) is 3. The van der Waals surface area contributed by atoms with Gasteiger partial charge in [-0.1, -0.05) is 6.07 Å². The van der Waals surface area contributed by atoms with Crippen molar-refractivity contribution in [2.75, 3.05) is 19.7 Å². The SMILES string of the molecule is N#Cc1ccc(COc2cccnc2C2CNCC(CO)N2C(=O)O)c(F)c1. The van der Waals surface area contributed by atoms with Crippen molar-refractivity contribution < 1.29 is 24.1 Å². The summed E-state index contributed by atoms with van der Waals surface area (Å²) < 4.78 is 19.8. The number of carboxylic acid groups (broad SMARTS) is 1. The van der Waals surface area contributed by atoms with Crippen molar-refractivity contribution in [3.63, 3.8) is 0 Å². The lowest BCUT2D eigenvalue weighted by Gasteiger charge is -2.39. The minimum absolute atomic E-state index is 0.104. The molecule has 0 radical (unpaired) electrons. The summed E-state index contributed by atoms with van der Waals surface area (Å²) in [6.07, 6.45) is 0.355. The maximum atomic E-state index is 14.1. The Labute approximate surface area is 160 Å². The van der Waals surface area contributed by atoms with Gasteiger partial charge in [-0.3, -0.25) is 9.88 Å². The lowest BCUT2D eigenvalue weighted by atomic mass is 10.0. The topological polar surface area (TPSA) is 119 Å². The Bertz CT molecular complexity index is 902. The van der Waals surface area contributed by atoms with Crippen LogP contribution in [0.15, 0.2) is 36.5 Å². The Morgan fingerprint density at radius 1 is 1.43 bits per heavy atom. The molecule has 146 valence electrons. The summed E-state index contributed by atoms with van der Waals surface area (Å²) in [4.78, 5) is 17.2. The Kier molecular flexibility index (Phi) is 6.03. The van der Waals surface area contributed by atoms with Gasteiger partial charge < -0.3 is 20.3 Å². The van der Waals surface area contributed by atoms with Gasteiger partial charge in [0.2, 0.25) is 0 Å². The summed E-state index contributed by atoms with van der Waals surface area (Å²) in [7, 11) is 0. The van der Waals surface area contributed by atoms with Crippen LogP contribution in [0.25, 0.3) is 0 Å². The summed E-state index contributed by atoms with van der Waals surface area (Å²) in [5.74, 6) is -0.237. The number of aromatic nitrogens is 1. The van der Waals surface area contributed by atoms with Crippen LogP contribution in [0.3, 0.4) is 0 Å². The second kappa shape index (κ2) is 8.65. The molecule has 2 unspecified atom stereocenters. The number of ether oxygens (including phenoxy) is 1. The normalized spacial score (nSPS) is 19.1. The number of carbonyl (C=O) groups is 1. The van der Waals surface area contributed by atoms with Crippen LogP contribution in [0.2, 0.25) is 0 Å². The summed E-state index contributed by atoms with van der Waals surface area (Å²) in [5.41, 5.74) is 0.854. The molecule has 1 aliphatic rings. The number of aliphatic hydroxyl groups is 1. The fraction of sp³-hybridized carbons (Fsp3) is 0.316. The number of piperazine rings is 1. The quantitative estimate of drug-likeness (QED) is 0.715. The molecule has 1 amide bonds. The average Bonchev–Trinajstić information content (AvgIpc) is 2.72. The number of nitrogens with one attached hydrogen (secondary N) is 1. The minimum Gasteiger partial charge on any atom is -0.487 e. The second-order valence-corrected chi connectivity index (χ2v) is 6.29. The van der Waals surface area contributed by atoms with E-state index in [1.165, 1.54) is 18.3 Å². The largest absolute Gasteiger partial charge is 0.487 e. The summed E-state index contributed by atoms with van der Waals surface area (Å²) in [6, 6.07) is 7.96. The molecule has 3 N–H and O–H groups in total. The molecule has 3 rings (SSSR count). The van der Waals surface area contributed by atoms with Crippen molar-refractivity contribution in [2.24, 2.45) is 0 Å². The zero-order valence-electron chi connectivity index (χ0n) is 14.9. The van der Waals surface area contributed by atoms with Gasteiger partial charge in [-0.2, -0.15) is 5.26 Å². The Balaban J connectivity index is 1.85. The summed E-state index contributed by atoms with van der Waals surface area (Å²) >= 11 is 0. The van der Waals surface area contributed by atoms with Crippen LogP contribution < -0.4 is 10.1 Å². The molecule has 28 heavy (non-hydrogen) atoms. The van der Waals surface area contributed by atoms with Gasteiger partial charge in [0.25, 0.3) is 0 Å². The summed E-state index contributed by atoms with van der Waals surface area (Å²) in [5, 5.41) is 31.0. The van der Waals surface area contributed by atoms with E-state index in [9.17, 15) is 19.4 Å². The number of hydrogen-bond donors (Lipinski definition) is 3. The molecule has 0 saturated carbocycles. The Morgan fingerprint density at radius 2 is 2.25 bits per heavy atom. The maximum Gasteiger partial charge on any atom is 0.408 e. The van der Waals surface area contributed by atoms with Crippen LogP contribution in [0, 0.1) is 17.1 Å². The first-order valence-electron chi connectivity index (χ1n) is 8.64. The lowest BCUT2D eigenvalue weighted by molar-refractivity contribution is 0.0507. The second-order valence-electron chi connectivity index (χ2n) is 6.29. The Morgan fingerprint density at radius 3 is 2.93 bits per heavy atom. The van der Waals surface area contributed by atoms with Gasteiger partial charge in [0.15, 0.2) is 0 Å². The molecule has 1 saturated heterocycles. The van der Waals surface area contributed by atoms with Crippen molar-refractivity contribution >= 4 is 6.09 Å². The molecule has 0 spiro atoms. The highest BCUT2D eigenvalue weighted by atomic mass is 19.1. The number of halogens is 1. The maximum absolute atomic E-state index is 14.1. The standard InChI is InChI=1S/C19H19FN4O4/c20-15-6-12(7-21)3-4-13(15)11-28-17-2-1-5-23-18(17)16-9-22-8-14(10-25)24(16)19(26)27/h1-6,14,16,22,25H,8-11H2,(H,26,27). The van der Waals surface area contributed by atoms with Crippen molar-refractivity contribution in [2.45, 2.75) is 18.7 Å². The molecule has 0 bridgehead atoms. The molecule has 1 fully saturated rings. The van der Waals surface area contributed by atoms with E-state index in [0.29, 0.717) is 24.5 Å². The molecule has 1 aliphatic heterocycles. The summed E-state index contributed by atoms with van der Waals surface area (Å²) in [6.45, 7) is 0.211. The fourth-order valence-electron chi connectivity index (χ4n) is 3.17. The van der Waals surface area contributed by atoms with Crippen molar-refractivity contribution in [1.29, 1.82) is 5.26 Å². The molecule has 2 heterocycles. The fourth-order valence-corrected chi connectivity index (χ4v) is 3.17. The predicted molar refractivity (Wildman–Crippen MR) is 96.0 cm³/mol. The van der Waals surface area contributed by atoms with E-state index < -0.39 is 24.0 Å². The first-order valence-corrected chi connectivity index (χ1v) is 8.64. The van der Waals surface area contributed by atoms with Crippen LogP contribution in [0.1, 0.15) is 22.9 Å². The molecule has 2 aromatic rings. The van der Waals surface area contributed by atoms with Crippen LogP contribution in [0.4, 0.5) is 9.18 Å². The predicted octanol–water partition coefficient (Wildman–Crippen LogP) is 1.66. The highest BCUT2D eigenvalue weighted by Gasteiger charge is 2.37. The molecular formula is C19H19FN4O4. The van der Waals surface area contributed by atoms with E-state index in [4.69, 9.17) is 10.00 Å². The first-order chi connectivity index (χ1) is 13.5. The first kappa shape index (κ1) is 19.5. The van der Waals surface area contributed by atoms with Gasteiger partial charge >= 0.3 is 6.09 Å². The zero-order chi connectivity index (χ0) is 20.1. The van der Waals surface area contributed by atoms with Crippen LogP contribution in [-0.2, 0) is 6.61 Å². The van der Waals surface area contributed by atoms with E-state index in [1.54, 1.807) is 12.1 Å². The third-order valence-electron chi connectivity index (χ3n) is 4.56. The van der Waals surface area contributed by atoms with E-state index >= 15 is 0 Å². The van der Waals surface area contributed by atoms with E-state index in [-0.39, 0.29) is 24.3 Å². The molecule has 9 heteroatoms. The monoisotopic (exact) mass is 386 g/mol. The zero-order valence-corrected chi connectivity index (χ0v) is 14.9. The van der Waals surface area contributed by atoms with E-state index in [2.05, 4.69) is 10.3 Å². The van der Waals surface area contributed by atoms with Crippen molar-refractivity contribution in [1.82, 2.24) is 15.2 Å². The van der Waals surface area contributed by atoms with Crippen molar-refractivity contribution in [3.8, 4) is 11.8 Å². The minimum atomic E-state index is -1.17. The highest BCUT2D eigenvalue weighted by molar-refractivity contribution is 5.66. The number of rotatable bonds is 5.